The summed E-state index contributed by atoms with van der Waals surface area (Å²) in [6.07, 6.45) is 6.44. The Morgan fingerprint density at radius 2 is 1.58 bits per heavy atom. The van der Waals surface area contributed by atoms with E-state index in [0.29, 0.717) is 17.1 Å². The average Bonchev–Trinajstić information content (AvgIpc) is 2.36. The third kappa shape index (κ3) is 7.43. The van der Waals surface area contributed by atoms with Gasteiger partial charge in [-0.1, -0.05) is 50.6 Å². The van der Waals surface area contributed by atoms with Gasteiger partial charge in [0, 0.05) is 10.7 Å². The molecule has 108 valence electrons. The van der Waals surface area contributed by atoms with Crippen LogP contribution in [0.5, 0.6) is 0 Å². The second-order valence-electron chi connectivity index (χ2n) is 4.70. The third-order valence-corrected chi connectivity index (χ3v) is 4.51. The zero-order valence-corrected chi connectivity index (χ0v) is 12.9. The Morgan fingerprint density at radius 3 is 2.21 bits per heavy atom. The van der Waals surface area contributed by atoms with E-state index < -0.39 is 10.0 Å². The Balaban J connectivity index is 2.30. The lowest BCUT2D eigenvalue weighted by Gasteiger charge is -2.08. The topological polar surface area (TPSA) is 46.2 Å². The van der Waals surface area contributed by atoms with Crippen molar-refractivity contribution in [3.8, 4) is 0 Å². The van der Waals surface area contributed by atoms with Gasteiger partial charge < -0.3 is 0 Å². The van der Waals surface area contributed by atoms with Crippen LogP contribution in [-0.4, -0.2) is 14.2 Å². The van der Waals surface area contributed by atoms with Gasteiger partial charge in [0.15, 0.2) is 0 Å². The lowest BCUT2D eigenvalue weighted by atomic mass is 10.1. The molecule has 0 bridgehead atoms. The number of rotatable bonds is 9. The van der Waals surface area contributed by atoms with Crippen molar-refractivity contribution in [3.63, 3.8) is 0 Å². The molecule has 0 unspecified atom stereocenters. The maximum absolute atomic E-state index is 11.8. The number of unbranched alkanes of at least 4 members (excludes halogenated alkanes) is 5. The zero-order valence-electron chi connectivity index (χ0n) is 11.4. The predicted molar refractivity (Wildman–Crippen MR) is 82.2 cm³/mol. The minimum atomic E-state index is -3.23. The van der Waals surface area contributed by atoms with Gasteiger partial charge in [0.1, 0.15) is 0 Å². The van der Waals surface area contributed by atoms with Gasteiger partial charge in [0.05, 0.1) is 5.75 Å². The van der Waals surface area contributed by atoms with Crippen LogP contribution in [-0.2, 0) is 10.0 Å². The van der Waals surface area contributed by atoms with Gasteiger partial charge in [-0.15, -0.1) is 0 Å². The van der Waals surface area contributed by atoms with Crippen LogP contribution >= 0.6 is 11.6 Å². The molecular weight excluding hydrogens is 282 g/mol. The highest BCUT2D eigenvalue weighted by Crippen LogP contribution is 2.15. The first kappa shape index (κ1) is 16.3. The van der Waals surface area contributed by atoms with Crippen molar-refractivity contribution < 1.29 is 8.42 Å². The second kappa shape index (κ2) is 8.43. The van der Waals surface area contributed by atoms with Crippen LogP contribution in [0.2, 0.25) is 5.02 Å². The van der Waals surface area contributed by atoms with Crippen molar-refractivity contribution in [2.75, 3.05) is 10.5 Å². The maximum Gasteiger partial charge on any atom is 0.232 e. The molecule has 0 aliphatic heterocycles. The minimum absolute atomic E-state index is 0.182. The number of sulfonamides is 1. The van der Waals surface area contributed by atoms with E-state index in [4.69, 9.17) is 11.6 Å². The number of halogens is 1. The van der Waals surface area contributed by atoms with Crippen LogP contribution in [0.15, 0.2) is 24.3 Å². The lowest BCUT2D eigenvalue weighted by Crippen LogP contribution is -2.16. The first-order chi connectivity index (χ1) is 9.03. The van der Waals surface area contributed by atoms with E-state index in [1.165, 1.54) is 19.3 Å². The summed E-state index contributed by atoms with van der Waals surface area (Å²) in [5, 5.41) is 0.596. The highest BCUT2D eigenvalue weighted by atomic mass is 35.5. The molecular formula is C14H22ClNO2S. The standard InChI is InChI=1S/C14H22ClNO2S/c1-2-3-4-5-6-7-12-19(17,18)16-14-10-8-13(15)9-11-14/h8-11,16H,2-7,12H2,1H3. The smallest absolute Gasteiger partial charge is 0.232 e. The first-order valence-corrected chi connectivity index (χ1v) is 8.82. The summed E-state index contributed by atoms with van der Waals surface area (Å²) in [5.41, 5.74) is 0.565. The number of benzene rings is 1. The fourth-order valence-corrected chi connectivity index (χ4v) is 3.13. The highest BCUT2D eigenvalue weighted by Gasteiger charge is 2.09. The van der Waals surface area contributed by atoms with Crippen LogP contribution in [0.4, 0.5) is 5.69 Å². The number of anilines is 1. The molecule has 0 amide bonds. The Bertz CT molecular complexity index is 457. The fraction of sp³-hybridized carbons (Fsp3) is 0.571. The van der Waals surface area contributed by atoms with Crippen LogP contribution in [0.1, 0.15) is 45.4 Å². The van der Waals surface area contributed by atoms with Crippen molar-refractivity contribution in [2.45, 2.75) is 45.4 Å². The monoisotopic (exact) mass is 303 g/mol. The summed E-state index contributed by atoms with van der Waals surface area (Å²) < 4.78 is 26.2. The second-order valence-corrected chi connectivity index (χ2v) is 6.97. The summed E-state index contributed by atoms with van der Waals surface area (Å²) in [7, 11) is -3.23. The maximum atomic E-state index is 11.8. The molecule has 0 atom stereocenters. The normalized spacial score (nSPS) is 11.5. The largest absolute Gasteiger partial charge is 0.284 e. The Morgan fingerprint density at radius 1 is 1.00 bits per heavy atom. The number of hydrogen-bond acceptors (Lipinski definition) is 2. The minimum Gasteiger partial charge on any atom is -0.284 e. The molecule has 0 heterocycles. The molecule has 1 N–H and O–H groups in total. The third-order valence-electron chi connectivity index (χ3n) is 2.88. The Hall–Kier alpha value is -0.740. The van der Waals surface area contributed by atoms with E-state index >= 15 is 0 Å². The first-order valence-electron chi connectivity index (χ1n) is 6.79. The molecule has 0 aliphatic carbocycles. The van der Waals surface area contributed by atoms with E-state index in [1.807, 2.05) is 0 Å². The molecule has 1 aromatic rings. The van der Waals surface area contributed by atoms with Gasteiger partial charge in [0.2, 0.25) is 10.0 Å². The molecule has 1 aromatic carbocycles. The van der Waals surface area contributed by atoms with E-state index in [1.54, 1.807) is 24.3 Å². The average molecular weight is 304 g/mol. The summed E-state index contributed by atoms with van der Waals surface area (Å²) in [6.45, 7) is 2.17. The van der Waals surface area contributed by atoms with E-state index in [0.717, 1.165) is 12.8 Å². The fourth-order valence-electron chi connectivity index (χ4n) is 1.82. The molecule has 1 rings (SSSR count). The molecule has 0 saturated heterocycles. The molecule has 0 fully saturated rings. The molecule has 0 radical (unpaired) electrons. The Kier molecular flexibility index (Phi) is 7.24. The van der Waals surface area contributed by atoms with Crippen molar-refractivity contribution in [3.05, 3.63) is 29.3 Å². The van der Waals surface area contributed by atoms with Gasteiger partial charge in [-0.25, -0.2) is 8.42 Å². The van der Waals surface area contributed by atoms with E-state index in [2.05, 4.69) is 11.6 Å². The van der Waals surface area contributed by atoms with Crippen LogP contribution < -0.4 is 4.72 Å². The summed E-state index contributed by atoms with van der Waals surface area (Å²) in [5.74, 6) is 0.182. The molecule has 0 saturated carbocycles. The van der Waals surface area contributed by atoms with Gasteiger partial charge in [0.25, 0.3) is 0 Å². The summed E-state index contributed by atoms with van der Waals surface area (Å²) in [4.78, 5) is 0. The molecule has 19 heavy (non-hydrogen) atoms. The summed E-state index contributed by atoms with van der Waals surface area (Å²) in [6, 6.07) is 6.68. The van der Waals surface area contributed by atoms with Crippen LogP contribution in [0.25, 0.3) is 0 Å². The molecule has 5 heteroatoms. The Labute approximate surface area is 121 Å². The van der Waals surface area contributed by atoms with Crippen molar-refractivity contribution in [1.29, 1.82) is 0 Å². The molecule has 0 spiro atoms. The van der Waals surface area contributed by atoms with Crippen LogP contribution in [0, 0.1) is 0 Å². The van der Waals surface area contributed by atoms with Gasteiger partial charge in [-0.3, -0.25) is 4.72 Å². The van der Waals surface area contributed by atoms with Gasteiger partial charge in [-0.2, -0.15) is 0 Å². The molecule has 0 aliphatic rings. The van der Waals surface area contributed by atoms with Gasteiger partial charge >= 0.3 is 0 Å². The van der Waals surface area contributed by atoms with Gasteiger partial charge in [-0.05, 0) is 30.7 Å². The van der Waals surface area contributed by atoms with Crippen LogP contribution in [0.3, 0.4) is 0 Å². The summed E-state index contributed by atoms with van der Waals surface area (Å²) >= 11 is 5.75. The number of hydrogen-bond donors (Lipinski definition) is 1. The van der Waals surface area contributed by atoms with Crippen molar-refractivity contribution >= 4 is 27.3 Å². The SMILES string of the molecule is CCCCCCCCS(=O)(=O)Nc1ccc(Cl)cc1. The van der Waals surface area contributed by atoms with E-state index in [9.17, 15) is 8.42 Å². The highest BCUT2D eigenvalue weighted by molar-refractivity contribution is 7.92. The van der Waals surface area contributed by atoms with E-state index in [-0.39, 0.29) is 5.75 Å². The lowest BCUT2D eigenvalue weighted by molar-refractivity contribution is 0.588. The van der Waals surface area contributed by atoms with Crippen molar-refractivity contribution in [1.82, 2.24) is 0 Å². The number of nitrogens with one attached hydrogen (secondary N) is 1. The zero-order chi connectivity index (χ0) is 14.1. The molecule has 0 aromatic heterocycles. The molecule has 3 nitrogen and oxygen atoms in total. The van der Waals surface area contributed by atoms with Crippen molar-refractivity contribution in [2.24, 2.45) is 0 Å². The quantitative estimate of drug-likeness (QED) is 0.685. The predicted octanol–water partition coefficient (Wildman–Crippen LogP) is 4.44.